The molecule has 2 radical (unpaired) electrons. The van der Waals surface area contributed by atoms with Crippen LogP contribution in [0, 0.1) is 0 Å². The van der Waals surface area contributed by atoms with Crippen LogP contribution in [0.4, 0.5) is 0 Å². The molecule has 82 valence electrons. The standard InChI is InChI=1S/2Cr.2Fe.2K.5O.2V.2H/q;;;;2*+1;5*-2;;;2*-1. The van der Waals surface area contributed by atoms with Gasteiger partial charge in [0.2, 0.25) is 0 Å². The van der Waals surface area contributed by atoms with Crippen LogP contribution in [0.25, 0.3) is 0 Å². The molecule has 0 aliphatic rings. The zero-order chi connectivity index (χ0) is 0. The molecular weight excluding hydrogens is 476 g/mol. The second kappa shape index (κ2) is 137. The van der Waals surface area contributed by atoms with E-state index in [0.29, 0.717) is 0 Å². The Bertz CT molecular complexity index is 37.0. The predicted molar refractivity (Wildman–Crippen MR) is 5.66 cm³/mol. The molecule has 0 aromatic carbocycles. The van der Waals surface area contributed by atoms with Crippen molar-refractivity contribution in [2.75, 3.05) is 0 Å². The minimum atomic E-state index is 0. The zero-order valence-corrected chi connectivity index (χ0v) is 20.3. The molecule has 13 heteroatoms. The number of rotatable bonds is 0. The van der Waals surface area contributed by atoms with Gasteiger partial charge in [-0.3, -0.25) is 0 Å². The zero-order valence-electron chi connectivity index (χ0n) is 8.46. The molecule has 0 unspecified atom stereocenters. The van der Waals surface area contributed by atoms with Crippen LogP contribution < -0.4 is 103 Å². The molecule has 13 heavy (non-hydrogen) atoms. The van der Waals surface area contributed by atoms with E-state index in [1.807, 2.05) is 0 Å². The van der Waals surface area contributed by atoms with Crippen molar-refractivity contribution < 1.29 is 239 Å². The average Bonchev–Trinajstić information content (AvgIpc) is 0. The van der Waals surface area contributed by atoms with Crippen LogP contribution in [-0.4, -0.2) is 0 Å². The molecule has 0 heterocycles. The average molecular weight is 478 g/mol. The van der Waals surface area contributed by atoms with Gasteiger partial charge in [-0.05, 0) is 0 Å². The van der Waals surface area contributed by atoms with E-state index in [1.54, 1.807) is 0 Å². The van der Waals surface area contributed by atoms with Gasteiger partial charge in [0.05, 0.1) is 0 Å². The first-order valence-corrected chi connectivity index (χ1v) is 0. The van der Waals surface area contributed by atoms with E-state index in [9.17, 15) is 0 Å². The first-order valence-electron chi connectivity index (χ1n) is 0. The minimum absolute atomic E-state index is 0. The van der Waals surface area contributed by atoms with E-state index < -0.39 is 0 Å². The Kier molecular flexibility index (Phi) is 1710. The largest absolute Gasteiger partial charge is 2.00 e. The Morgan fingerprint density at radius 3 is 0.462 bits per heavy atom. The van der Waals surface area contributed by atoms with Gasteiger partial charge in [-0.2, -0.15) is 0 Å². The maximum absolute atomic E-state index is 0. The first-order chi connectivity index (χ1) is 0. The number of hydrogen-bond donors (Lipinski definition) is 0. The topological polar surface area (TPSA) is 142 Å². The first kappa shape index (κ1) is 162. The summed E-state index contributed by atoms with van der Waals surface area (Å²) in [5, 5.41) is 0. The van der Waals surface area contributed by atoms with Gasteiger partial charge in [0, 0.05) is 106 Å². The van der Waals surface area contributed by atoms with E-state index in [0.717, 1.165) is 0 Å². The van der Waals surface area contributed by atoms with Gasteiger partial charge >= 0.3 is 103 Å². The number of hydrogen-bond acceptors (Lipinski definition) is 0. The molecule has 0 aromatic heterocycles. The Hall–Kier alpha value is 6.35. The van der Waals surface area contributed by atoms with Crippen molar-refractivity contribution in [2.24, 2.45) is 0 Å². The molecule has 5 nitrogen and oxygen atoms in total. The van der Waals surface area contributed by atoms with Gasteiger partial charge in [-0.1, -0.05) is 0 Å². The van der Waals surface area contributed by atoms with E-state index in [-0.39, 0.29) is 239 Å². The van der Waals surface area contributed by atoms with Crippen molar-refractivity contribution in [1.29, 1.82) is 0 Å². The molecule has 0 aromatic rings. The Labute approximate surface area is 233 Å². The van der Waals surface area contributed by atoms with Crippen LogP contribution in [0.5, 0.6) is 0 Å². The van der Waals surface area contributed by atoms with Crippen LogP contribution in [0.3, 0.4) is 0 Å². The summed E-state index contributed by atoms with van der Waals surface area (Å²) >= 11 is 0. The van der Waals surface area contributed by atoms with Gasteiger partial charge < -0.3 is 30.2 Å². The van der Waals surface area contributed by atoms with Gasteiger partial charge in [0.25, 0.3) is 0 Å². The van der Waals surface area contributed by atoms with Crippen LogP contribution in [0.1, 0.15) is 2.85 Å². The summed E-state index contributed by atoms with van der Waals surface area (Å²) in [4.78, 5) is 0. The fourth-order valence-electron chi connectivity index (χ4n) is 0. The molecule has 0 atom stereocenters. The maximum Gasteiger partial charge on any atom is 1.00 e. The van der Waals surface area contributed by atoms with E-state index >= 15 is 0 Å². The summed E-state index contributed by atoms with van der Waals surface area (Å²) in [6, 6.07) is 0. The normalized spacial score (nSPS) is 0. The second-order valence-electron chi connectivity index (χ2n) is 0. The Morgan fingerprint density at radius 1 is 0.462 bits per heavy atom. The fraction of sp³-hybridized carbons (Fsp3) is 0. The summed E-state index contributed by atoms with van der Waals surface area (Å²) in [5.74, 6) is 0. The summed E-state index contributed by atoms with van der Waals surface area (Å²) in [7, 11) is 0. The molecule has 0 rings (SSSR count). The van der Waals surface area contributed by atoms with Crippen molar-refractivity contribution in [3.63, 3.8) is 0 Å². The molecular formula is H2Cr2Fe2K2O5V2-10. The second-order valence-corrected chi connectivity index (χ2v) is 0. The molecule has 0 aliphatic carbocycles. The van der Waals surface area contributed by atoms with E-state index in [1.165, 1.54) is 0 Å². The molecule has 0 saturated carbocycles. The summed E-state index contributed by atoms with van der Waals surface area (Å²) in [5.41, 5.74) is 0. The molecule has 0 amide bonds. The van der Waals surface area contributed by atoms with Crippen LogP contribution in [0.2, 0.25) is 0 Å². The smallest absolute Gasteiger partial charge is 1.00 e. The van der Waals surface area contributed by atoms with Crippen LogP contribution in [-0.2, 0) is 133 Å². The third kappa shape index (κ3) is 122. The monoisotopic (exact) mass is 478 g/mol. The van der Waals surface area contributed by atoms with Crippen molar-refractivity contribution in [3.8, 4) is 0 Å². The predicted octanol–water partition coefficient (Wildman–Crippen LogP) is -6.38. The quantitative estimate of drug-likeness (QED) is 0.306. The van der Waals surface area contributed by atoms with Crippen molar-refractivity contribution in [3.05, 3.63) is 0 Å². The fourth-order valence-corrected chi connectivity index (χ4v) is 0. The van der Waals surface area contributed by atoms with Gasteiger partial charge in [-0.25, -0.2) is 0 Å². The molecule has 0 bridgehead atoms. The SMILES string of the molecule is [Cr].[Cr].[Fe].[Fe].[H-].[H-].[K+].[K+].[O-2].[O-2].[O-2].[O-2].[O-2].[V].[V]. The summed E-state index contributed by atoms with van der Waals surface area (Å²) in [6.07, 6.45) is 0. The van der Waals surface area contributed by atoms with Crippen LogP contribution in [0.15, 0.2) is 0 Å². The van der Waals surface area contributed by atoms with E-state index in [2.05, 4.69) is 0 Å². The molecule has 0 N–H and O–H groups in total. The van der Waals surface area contributed by atoms with Gasteiger partial charge in [0.1, 0.15) is 0 Å². The minimum Gasteiger partial charge on any atom is -2.00 e. The Morgan fingerprint density at radius 2 is 0.462 bits per heavy atom. The van der Waals surface area contributed by atoms with Gasteiger partial charge in [0.15, 0.2) is 0 Å². The van der Waals surface area contributed by atoms with Crippen molar-refractivity contribution >= 4 is 0 Å². The Balaban J connectivity index is 0. The third-order valence-corrected chi connectivity index (χ3v) is 0. The van der Waals surface area contributed by atoms with Crippen molar-refractivity contribution in [2.45, 2.75) is 0 Å². The van der Waals surface area contributed by atoms with Crippen LogP contribution >= 0.6 is 0 Å². The third-order valence-electron chi connectivity index (χ3n) is 0. The molecule has 0 fully saturated rings. The van der Waals surface area contributed by atoms with E-state index in [4.69, 9.17) is 0 Å². The summed E-state index contributed by atoms with van der Waals surface area (Å²) < 4.78 is 0. The van der Waals surface area contributed by atoms with Gasteiger partial charge in [-0.15, -0.1) is 0 Å². The maximum atomic E-state index is 0. The molecule has 0 aliphatic heterocycles. The van der Waals surface area contributed by atoms with Crippen molar-refractivity contribution in [1.82, 2.24) is 0 Å². The molecule has 0 saturated heterocycles. The molecule has 0 spiro atoms. The summed E-state index contributed by atoms with van der Waals surface area (Å²) in [6.45, 7) is 0.